The molecule has 5 aromatic rings. The topological polar surface area (TPSA) is 42.6 Å². The molecule has 1 heterocycles. The van der Waals surface area contributed by atoms with Gasteiger partial charge >= 0.3 is 7.48 Å². The minimum absolute atomic E-state index is 0.750. The maximum Gasteiger partial charge on any atom is 0.331 e. The number of aliphatic hydroxyl groups is 1. The fourth-order valence-corrected chi connectivity index (χ4v) is 4.03. The number of benzene rings is 4. The molecule has 34 heavy (non-hydrogen) atoms. The van der Waals surface area contributed by atoms with Crippen LogP contribution in [0.5, 0.6) is 0 Å². The van der Waals surface area contributed by atoms with Gasteiger partial charge in [0.15, 0.2) is 0 Å². The fourth-order valence-electron chi connectivity index (χ4n) is 4.03. The molecule has 1 radical (unpaired) electrons. The molecule has 0 saturated carbocycles. The van der Waals surface area contributed by atoms with E-state index in [4.69, 9.17) is 9.07 Å². The normalized spacial score (nSPS) is 12.4. The number of fused-ring (bicyclic) bond motifs is 3. The van der Waals surface area contributed by atoms with Gasteiger partial charge < -0.3 is 14.2 Å². The summed E-state index contributed by atoms with van der Waals surface area (Å²) in [6, 6.07) is 31.2. The molecule has 0 aliphatic heterocycles. The molecule has 0 aliphatic rings. The third kappa shape index (κ3) is 4.04. The summed E-state index contributed by atoms with van der Waals surface area (Å²) in [6.07, 6.45) is 0. The highest BCUT2D eigenvalue weighted by Crippen LogP contribution is 2.36. The third-order valence-corrected chi connectivity index (χ3v) is 6.81. The lowest BCUT2D eigenvalue weighted by atomic mass is 9.80. The van der Waals surface area contributed by atoms with Crippen LogP contribution in [0.15, 0.2) is 95.4 Å². The molecule has 0 saturated heterocycles. The highest BCUT2D eigenvalue weighted by atomic mass is 16.5. The molecule has 3 nitrogen and oxygen atoms in total. The van der Waals surface area contributed by atoms with Gasteiger partial charge in [-0.15, -0.1) is 0 Å². The molecule has 0 amide bonds. The van der Waals surface area contributed by atoms with Crippen LogP contribution in [0.4, 0.5) is 0 Å². The van der Waals surface area contributed by atoms with Crippen LogP contribution in [0.1, 0.15) is 27.7 Å². The van der Waals surface area contributed by atoms with E-state index in [0.29, 0.717) is 0 Å². The van der Waals surface area contributed by atoms with Gasteiger partial charge in [0, 0.05) is 16.3 Å². The van der Waals surface area contributed by atoms with E-state index in [9.17, 15) is 5.11 Å². The average molecular weight is 447 g/mol. The Kier molecular flexibility index (Phi) is 5.59. The Hall–Kier alpha value is -3.34. The second kappa shape index (κ2) is 8.46. The van der Waals surface area contributed by atoms with E-state index in [2.05, 4.69) is 66.7 Å². The van der Waals surface area contributed by atoms with E-state index >= 15 is 0 Å². The Balaban J connectivity index is 1.55. The zero-order valence-electron chi connectivity index (χ0n) is 20.0. The quantitative estimate of drug-likeness (QED) is 0.294. The first-order chi connectivity index (χ1) is 16.2. The lowest BCUT2D eigenvalue weighted by Crippen LogP contribution is -2.49. The molecule has 0 aliphatic carbocycles. The van der Waals surface area contributed by atoms with E-state index in [1.54, 1.807) is 21.3 Å². The first kappa shape index (κ1) is 22.5. The van der Waals surface area contributed by atoms with Gasteiger partial charge in [-0.05, 0) is 55.9 Å². The summed E-state index contributed by atoms with van der Waals surface area (Å²) >= 11 is 0. The minimum atomic E-state index is -0.991. The fraction of sp³-hybridized carbons (Fsp3) is 0.200. The van der Waals surface area contributed by atoms with Crippen LogP contribution in [0.2, 0.25) is 0 Å². The van der Waals surface area contributed by atoms with Crippen LogP contribution in [-0.4, -0.2) is 23.8 Å². The van der Waals surface area contributed by atoms with Crippen molar-refractivity contribution in [2.75, 3.05) is 0 Å². The largest absolute Gasteiger partial charge is 0.455 e. The van der Waals surface area contributed by atoms with E-state index in [-0.39, 0.29) is 0 Å². The first-order valence-electron chi connectivity index (χ1n) is 11.6. The smallest absolute Gasteiger partial charge is 0.331 e. The molecule has 0 unspecified atom stereocenters. The molecule has 1 aromatic heterocycles. The van der Waals surface area contributed by atoms with Gasteiger partial charge in [-0.1, -0.05) is 84.9 Å². The Labute approximate surface area is 201 Å². The molecule has 169 valence electrons. The van der Waals surface area contributed by atoms with Crippen LogP contribution in [-0.2, 0) is 4.65 Å². The summed E-state index contributed by atoms with van der Waals surface area (Å²) in [5.41, 5.74) is 5.38. The van der Waals surface area contributed by atoms with E-state index in [1.165, 1.54) is 11.1 Å². The molecular weight excluding hydrogens is 419 g/mol. The monoisotopic (exact) mass is 447 g/mol. The lowest BCUT2D eigenvalue weighted by Gasteiger charge is -2.37. The molecule has 0 atom stereocenters. The standard InChI is InChI=1S/C30H28BO3/c1-29(2,32)30(3,4)34-31-25-14-9-15-26-27(25)24-13-8-12-23(28(24)33-26)22-18-16-21(17-19-22)20-10-6-5-7-11-20/h5-19,32H,1-4H3. The summed E-state index contributed by atoms with van der Waals surface area (Å²) < 4.78 is 12.4. The van der Waals surface area contributed by atoms with Crippen molar-refractivity contribution in [1.29, 1.82) is 0 Å². The minimum Gasteiger partial charge on any atom is -0.455 e. The Bertz CT molecular complexity index is 1440. The van der Waals surface area contributed by atoms with Crippen LogP contribution in [0, 0.1) is 0 Å². The molecule has 0 bridgehead atoms. The Morgan fingerprint density at radius 1 is 0.706 bits per heavy atom. The van der Waals surface area contributed by atoms with E-state index < -0.39 is 11.2 Å². The van der Waals surface area contributed by atoms with Gasteiger partial charge in [0.1, 0.15) is 11.2 Å². The van der Waals surface area contributed by atoms with Crippen LogP contribution >= 0.6 is 0 Å². The third-order valence-electron chi connectivity index (χ3n) is 6.81. The van der Waals surface area contributed by atoms with Gasteiger partial charge in [0.2, 0.25) is 0 Å². The molecule has 1 N–H and O–H groups in total. The highest BCUT2D eigenvalue weighted by molar-refractivity contribution is 6.53. The highest BCUT2D eigenvalue weighted by Gasteiger charge is 2.36. The Morgan fingerprint density at radius 3 is 2.06 bits per heavy atom. The zero-order chi connectivity index (χ0) is 23.9. The van der Waals surface area contributed by atoms with Crippen molar-refractivity contribution in [3.8, 4) is 22.3 Å². The Morgan fingerprint density at radius 2 is 1.35 bits per heavy atom. The second-order valence-electron chi connectivity index (χ2n) is 9.75. The van der Waals surface area contributed by atoms with Crippen molar-refractivity contribution in [2.45, 2.75) is 38.9 Å². The molecule has 0 fully saturated rings. The van der Waals surface area contributed by atoms with Gasteiger partial charge in [0.25, 0.3) is 0 Å². The van der Waals surface area contributed by atoms with Crippen LogP contribution in [0.3, 0.4) is 0 Å². The maximum absolute atomic E-state index is 10.5. The SMILES string of the molecule is CC(C)(O)C(C)(C)O[B]c1cccc2oc3c(-c4ccc(-c5ccccc5)cc4)cccc3c12. The van der Waals surface area contributed by atoms with Gasteiger partial charge in [-0.2, -0.15) is 0 Å². The summed E-state index contributed by atoms with van der Waals surface area (Å²) in [4.78, 5) is 0. The molecule has 4 aromatic carbocycles. The first-order valence-corrected chi connectivity index (χ1v) is 11.6. The predicted molar refractivity (Wildman–Crippen MR) is 141 cm³/mol. The number of hydrogen-bond donors (Lipinski definition) is 1. The van der Waals surface area contributed by atoms with Crippen molar-refractivity contribution in [1.82, 2.24) is 0 Å². The zero-order valence-corrected chi connectivity index (χ0v) is 20.0. The van der Waals surface area contributed by atoms with E-state index in [1.807, 2.05) is 38.1 Å². The number of rotatable bonds is 6. The summed E-state index contributed by atoms with van der Waals surface area (Å²) in [6.45, 7) is 7.27. The number of furan rings is 1. The van der Waals surface area contributed by atoms with Gasteiger partial charge in [-0.25, -0.2) is 0 Å². The van der Waals surface area contributed by atoms with Crippen LogP contribution < -0.4 is 5.46 Å². The second-order valence-corrected chi connectivity index (χ2v) is 9.75. The van der Waals surface area contributed by atoms with Crippen molar-refractivity contribution < 1.29 is 14.2 Å². The van der Waals surface area contributed by atoms with Crippen molar-refractivity contribution in [3.63, 3.8) is 0 Å². The van der Waals surface area contributed by atoms with Crippen LogP contribution in [0.25, 0.3) is 44.2 Å². The molecule has 5 rings (SSSR count). The van der Waals surface area contributed by atoms with E-state index in [0.717, 1.165) is 38.5 Å². The number of para-hydroxylation sites is 1. The van der Waals surface area contributed by atoms with Crippen molar-refractivity contribution in [3.05, 3.63) is 91.0 Å². The molecular formula is C30H28BO3. The van der Waals surface area contributed by atoms with Crippen molar-refractivity contribution in [2.24, 2.45) is 0 Å². The number of hydrogen-bond acceptors (Lipinski definition) is 3. The van der Waals surface area contributed by atoms with Gasteiger partial charge in [-0.3, -0.25) is 0 Å². The summed E-state index contributed by atoms with van der Waals surface area (Å²) in [5, 5.41) is 12.5. The molecule has 4 heteroatoms. The average Bonchev–Trinajstić information content (AvgIpc) is 3.22. The molecule has 0 spiro atoms. The van der Waals surface area contributed by atoms with Gasteiger partial charge in [0.05, 0.1) is 11.2 Å². The maximum atomic E-state index is 10.5. The summed E-state index contributed by atoms with van der Waals surface area (Å²) in [5.74, 6) is 0. The predicted octanol–water partition coefficient (Wildman–Crippen LogP) is 6.73. The summed E-state index contributed by atoms with van der Waals surface area (Å²) in [7, 11) is 1.73. The lowest BCUT2D eigenvalue weighted by molar-refractivity contribution is -0.0893. The van der Waals surface area contributed by atoms with Crippen molar-refractivity contribution >= 4 is 34.9 Å².